The van der Waals surface area contributed by atoms with E-state index in [0.29, 0.717) is 16.5 Å². The molecule has 17 heavy (non-hydrogen) atoms. The number of methoxy groups -OCH3 is 1. The van der Waals surface area contributed by atoms with Gasteiger partial charge < -0.3 is 10.1 Å². The lowest BCUT2D eigenvalue weighted by molar-refractivity contribution is 0.0520. The van der Waals surface area contributed by atoms with Crippen molar-refractivity contribution in [3.8, 4) is 0 Å². The van der Waals surface area contributed by atoms with Crippen molar-refractivity contribution in [1.82, 2.24) is 5.32 Å². The van der Waals surface area contributed by atoms with E-state index >= 15 is 0 Å². The molecule has 0 amide bonds. The van der Waals surface area contributed by atoms with Crippen molar-refractivity contribution in [3.63, 3.8) is 0 Å². The Hall–Kier alpha value is -0.640. The Bertz CT molecular complexity index is 395. The first-order valence-electron chi connectivity index (χ1n) is 5.82. The van der Waals surface area contributed by atoms with E-state index in [2.05, 4.69) is 5.32 Å². The van der Waals surface area contributed by atoms with E-state index in [1.165, 1.54) is 6.07 Å². The van der Waals surface area contributed by atoms with Crippen molar-refractivity contribution in [2.45, 2.75) is 25.0 Å². The summed E-state index contributed by atoms with van der Waals surface area (Å²) in [4.78, 5) is 0. The average Bonchev–Trinajstić information content (AvgIpc) is 3.11. The Balaban J connectivity index is 2.26. The van der Waals surface area contributed by atoms with Gasteiger partial charge in [-0.05, 0) is 37.9 Å². The number of likely N-dealkylation sites (N-methyl/N-ethyl adjacent to an activating group) is 1. The quantitative estimate of drug-likeness (QED) is 0.875. The predicted molar refractivity (Wildman–Crippen MR) is 66.7 cm³/mol. The largest absolute Gasteiger partial charge is 0.379 e. The summed E-state index contributed by atoms with van der Waals surface area (Å²) in [7, 11) is 3.51. The fourth-order valence-corrected chi connectivity index (χ4v) is 2.43. The summed E-state index contributed by atoms with van der Waals surface area (Å²) < 4.78 is 19.4. The summed E-state index contributed by atoms with van der Waals surface area (Å²) in [5.74, 6) is 0.257. The molecule has 1 aromatic carbocycles. The summed E-state index contributed by atoms with van der Waals surface area (Å²) in [5, 5.41) is 3.56. The Morgan fingerprint density at radius 2 is 2.18 bits per heavy atom. The number of halogens is 2. The first-order valence-corrected chi connectivity index (χ1v) is 6.20. The molecule has 94 valence electrons. The third-order valence-electron chi connectivity index (χ3n) is 3.30. The van der Waals surface area contributed by atoms with Crippen LogP contribution >= 0.6 is 11.6 Å². The van der Waals surface area contributed by atoms with E-state index in [-0.39, 0.29) is 18.0 Å². The van der Waals surface area contributed by atoms with Crippen LogP contribution in [0, 0.1) is 11.7 Å². The van der Waals surface area contributed by atoms with Gasteiger partial charge in [0, 0.05) is 17.7 Å². The summed E-state index contributed by atoms with van der Waals surface area (Å²) in [6.45, 7) is 0. The van der Waals surface area contributed by atoms with Crippen molar-refractivity contribution >= 4 is 11.6 Å². The zero-order valence-electron chi connectivity index (χ0n) is 10.0. The summed E-state index contributed by atoms with van der Waals surface area (Å²) in [6.07, 6.45) is 2.34. The number of hydrogen-bond acceptors (Lipinski definition) is 2. The van der Waals surface area contributed by atoms with Gasteiger partial charge in [-0.25, -0.2) is 4.39 Å². The second-order valence-electron chi connectivity index (χ2n) is 4.47. The number of rotatable bonds is 5. The molecule has 2 unspecified atom stereocenters. The monoisotopic (exact) mass is 257 g/mol. The minimum Gasteiger partial charge on any atom is -0.379 e. The van der Waals surface area contributed by atoms with Gasteiger partial charge in [-0.1, -0.05) is 17.7 Å². The number of ether oxygens (including phenoxy) is 1. The van der Waals surface area contributed by atoms with Crippen LogP contribution < -0.4 is 5.32 Å². The molecule has 0 heterocycles. The van der Waals surface area contributed by atoms with E-state index in [1.807, 2.05) is 7.05 Å². The molecule has 0 bridgehead atoms. The highest BCUT2D eigenvalue weighted by atomic mass is 35.5. The van der Waals surface area contributed by atoms with E-state index in [9.17, 15) is 4.39 Å². The molecule has 1 aromatic rings. The van der Waals surface area contributed by atoms with Gasteiger partial charge in [0.2, 0.25) is 0 Å². The molecular formula is C13H17ClFNO. The lowest BCUT2D eigenvalue weighted by atomic mass is 9.97. The van der Waals surface area contributed by atoms with Crippen molar-refractivity contribution in [1.29, 1.82) is 0 Å². The van der Waals surface area contributed by atoms with Gasteiger partial charge in [0.25, 0.3) is 0 Å². The molecule has 0 radical (unpaired) electrons. The van der Waals surface area contributed by atoms with Crippen LogP contribution in [-0.2, 0) is 4.74 Å². The van der Waals surface area contributed by atoms with Crippen LogP contribution in [0.25, 0.3) is 0 Å². The molecule has 2 nitrogen and oxygen atoms in total. The van der Waals surface area contributed by atoms with Crippen LogP contribution in [0.2, 0.25) is 5.02 Å². The zero-order valence-corrected chi connectivity index (χ0v) is 10.8. The van der Waals surface area contributed by atoms with Crippen molar-refractivity contribution in [2.24, 2.45) is 5.92 Å². The van der Waals surface area contributed by atoms with Gasteiger partial charge in [-0.3, -0.25) is 0 Å². The van der Waals surface area contributed by atoms with Crippen LogP contribution in [0.5, 0.6) is 0 Å². The molecule has 1 aliphatic rings. The molecule has 0 aromatic heterocycles. The minimum atomic E-state index is -0.278. The van der Waals surface area contributed by atoms with Crippen molar-refractivity contribution < 1.29 is 9.13 Å². The van der Waals surface area contributed by atoms with Gasteiger partial charge in [0.15, 0.2) is 0 Å². The molecule has 0 aliphatic heterocycles. The molecule has 1 fully saturated rings. The molecule has 2 atom stereocenters. The van der Waals surface area contributed by atoms with Gasteiger partial charge in [0.05, 0.1) is 12.1 Å². The Morgan fingerprint density at radius 3 is 2.65 bits per heavy atom. The number of nitrogens with one attached hydrogen (secondary N) is 1. The predicted octanol–water partition coefficient (Wildman–Crippen LogP) is 3.16. The van der Waals surface area contributed by atoms with Crippen LogP contribution in [0.1, 0.15) is 24.4 Å². The van der Waals surface area contributed by atoms with Gasteiger partial charge in [-0.15, -0.1) is 0 Å². The van der Waals surface area contributed by atoms with E-state index in [4.69, 9.17) is 16.3 Å². The molecule has 1 aliphatic carbocycles. The third-order valence-corrected chi connectivity index (χ3v) is 3.53. The molecular weight excluding hydrogens is 241 g/mol. The summed E-state index contributed by atoms with van der Waals surface area (Å²) >= 11 is 5.76. The van der Waals surface area contributed by atoms with Crippen molar-refractivity contribution in [2.75, 3.05) is 14.2 Å². The smallest absolute Gasteiger partial charge is 0.129 e. The number of benzene rings is 1. The molecule has 1 saturated carbocycles. The SMILES string of the molecule is CNC(c1ccc(Cl)cc1F)C(OC)C1CC1. The third kappa shape index (κ3) is 2.79. The van der Waals surface area contributed by atoms with Gasteiger partial charge in [0.1, 0.15) is 5.82 Å². The topological polar surface area (TPSA) is 21.3 Å². The van der Waals surface area contributed by atoms with E-state index in [1.54, 1.807) is 19.2 Å². The molecule has 2 rings (SSSR count). The maximum atomic E-state index is 13.9. The van der Waals surface area contributed by atoms with Crippen molar-refractivity contribution in [3.05, 3.63) is 34.6 Å². The lowest BCUT2D eigenvalue weighted by Crippen LogP contribution is -2.33. The second kappa shape index (κ2) is 5.34. The first-order chi connectivity index (χ1) is 8.17. The zero-order chi connectivity index (χ0) is 12.4. The van der Waals surface area contributed by atoms with Crippen LogP contribution in [-0.4, -0.2) is 20.3 Å². The van der Waals surface area contributed by atoms with Crippen LogP contribution in [0.3, 0.4) is 0 Å². The highest BCUT2D eigenvalue weighted by molar-refractivity contribution is 6.30. The minimum absolute atomic E-state index is 0.0238. The maximum absolute atomic E-state index is 13.9. The molecule has 4 heteroatoms. The number of hydrogen-bond donors (Lipinski definition) is 1. The molecule has 1 N–H and O–H groups in total. The summed E-state index contributed by atoms with van der Waals surface area (Å²) in [5.41, 5.74) is 0.621. The van der Waals surface area contributed by atoms with E-state index in [0.717, 1.165) is 12.8 Å². The molecule has 0 saturated heterocycles. The average molecular weight is 258 g/mol. The van der Waals surface area contributed by atoms with Gasteiger partial charge in [-0.2, -0.15) is 0 Å². The van der Waals surface area contributed by atoms with Crippen LogP contribution in [0.4, 0.5) is 4.39 Å². The first kappa shape index (κ1) is 12.8. The van der Waals surface area contributed by atoms with Crippen LogP contribution in [0.15, 0.2) is 18.2 Å². The standard InChI is InChI=1S/C13H17ClFNO/c1-16-12(13(17-2)8-3-4-8)10-6-5-9(14)7-11(10)15/h5-8,12-13,16H,3-4H2,1-2H3. The highest BCUT2D eigenvalue weighted by Crippen LogP contribution is 2.40. The Kier molecular flexibility index (Phi) is 4.02. The fraction of sp³-hybridized carbons (Fsp3) is 0.538. The molecule has 0 spiro atoms. The Morgan fingerprint density at radius 1 is 1.47 bits per heavy atom. The highest BCUT2D eigenvalue weighted by Gasteiger charge is 2.37. The normalized spacial score (nSPS) is 19.1. The summed E-state index contributed by atoms with van der Waals surface area (Å²) in [6, 6.07) is 4.67. The second-order valence-corrected chi connectivity index (χ2v) is 4.91. The fourth-order valence-electron chi connectivity index (χ4n) is 2.28. The van der Waals surface area contributed by atoms with E-state index < -0.39 is 0 Å². The van der Waals surface area contributed by atoms with Gasteiger partial charge >= 0.3 is 0 Å². The Labute approximate surface area is 106 Å². The lowest BCUT2D eigenvalue weighted by Gasteiger charge is -2.26. The maximum Gasteiger partial charge on any atom is 0.129 e.